The zero-order valence-electron chi connectivity index (χ0n) is 21.9. The molecule has 0 saturated heterocycles. The molecule has 0 heterocycles. The number of ether oxygens (including phenoxy) is 1. The van der Waals surface area contributed by atoms with Gasteiger partial charge in [0.05, 0.1) is 22.7 Å². The normalized spacial score (nSPS) is 11.9. The van der Waals surface area contributed by atoms with Gasteiger partial charge in [0.15, 0.2) is 0 Å². The molecule has 2 amide bonds. The number of nitrogens with zero attached hydrogens (tertiary/aromatic N) is 2. The monoisotopic (exact) mass is 575 g/mol. The van der Waals surface area contributed by atoms with Crippen LogP contribution in [-0.4, -0.2) is 51.4 Å². The van der Waals surface area contributed by atoms with E-state index >= 15 is 0 Å². The number of amides is 2. The minimum atomic E-state index is -4.22. The van der Waals surface area contributed by atoms with Crippen LogP contribution in [0.5, 0.6) is 5.75 Å². The third kappa shape index (κ3) is 7.27. The second kappa shape index (κ2) is 13.4. The van der Waals surface area contributed by atoms with Gasteiger partial charge >= 0.3 is 0 Å². The lowest BCUT2D eigenvalue weighted by molar-refractivity contribution is -0.140. The van der Waals surface area contributed by atoms with Gasteiger partial charge in [-0.25, -0.2) is 12.8 Å². The average molecular weight is 576 g/mol. The third-order valence-electron chi connectivity index (χ3n) is 6.04. The van der Waals surface area contributed by atoms with Crippen LogP contribution >= 0.6 is 11.6 Å². The summed E-state index contributed by atoms with van der Waals surface area (Å²) in [7, 11) is -2.79. The zero-order valence-corrected chi connectivity index (χ0v) is 23.5. The number of benzene rings is 3. The van der Waals surface area contributed by atoms with Crippen LogP contribution in [0.25, 0.3) is 0 Å². The molecule has 11 heteroatoms. The number of hydrogen-bond donors (Lipinski definition) is 1. The number of carbonyl (C=O) groups is 2. The van der Waals surface area contributed by atoms with E-state index in [0.717, 1.165) is 4.31 Å². The molecule has 3 aromatic rings. The van der Waals surface area contributed by atoms with Crippen LogP contribution in [0.15, 0.2) is 77.7 Å². The Labute approximate surface area is 233 Å². The van der Waals surface area contributed by atoms with Gasteiger partial charge in [-0.05, 0) is 61.4 Å². The van der Waals surface area contributed by atoms with Crippen molar-refractivity contribution >= 4 is 39.1 Å². The SMILES string of the molecule is CCNC(=O)[C@@H](CC)N(Cc1ccc(F)cc1)C(=O)CN(c1ccc(OC)c(Cl)c1)S(=O)(=O)c1ccccc1. The molecule has 3 rings (SSSR count). The van der Waals surface area contributed by atoms with Crippen molar-refractivity contribution in [2.75, 3.05) is 24.5 Å². The van der Waals surface area contributed by atoms with E-state index in [1.165, 1.54) is 66.6 Å². The van der Waals surface area contributed by atoms with Crippen LogP contribution in [0.1, 0.15) is 25.8 Å². The Morgan fingerprint density at radius 3 is 2.26 bits per heavy atom. The van der Waals surface area contributed by atoms with Gasteiger partial charge in [0.25, 0.3) is 10.0 Å². The highest BCUT2D eigenvalue weighted by Gasteiger charge is 2.33. The first-order valence-electron chi connectivity index (χ1n) is 12.3. The number of halogens is 2. The van der Waals surface area contributed by atoms with Crippen molar-refractivity contribution in [3.8, 4) is 5.75 Å². The molecule has 0 aliphatic rings. The van der Waals surface area contributed by atoms with Crippen molar-refractivity contribution in [2.45, 2.75) is 37.8 Å². The molecule has 0 aliphatic carbocycles. The first kappa shape index (κ1) is 29.9. The maximum absolute atomic E-state index is 13.9. The van der Waals surface area contributed by atoms with E-state index in [1.807, 2.05) is 0 Å². The molecule has 0 fully saturated rings. The van der Waals surface area contributed by atoms with Gasteiger partial charge in [0, 0.05) is 13.1 Å². The maximum atomic E-state index is 13.9. The van der Waals surface area contributed by atoms with Gasteiger partial charge in [0.1, 0.15) is 24.2 Å². The minimum Gasteiger partial charge on any atom is -0.495 e. The van der Waals surface area contributed by atoms with Gasteiger partial charge in [-0.2, -0.15) is 0 Å². The highest BCUT2D eigenvalue weighted by atomic mass is 35.5. The summed E-state index contributed by atoms with van der Waals surface area (Å²) in [5.41, 5.74) is 0.725. The number of carbonyl (C=O) groups excluding carboxylic acids is 2. The van der Waals surface area contributed by atoms with Crippen LogP contribution < -0.4 is 14.4 Å². The third-order valence-corrected chi connectivity index (χ3v) is 8.12. The number of anilines is 1. The molecule has 1 atom stereocenters. The van der Waals surface area contributed by atoms with E-state index in [1.54, 1.807) is 32.0 Å². The van der Waals surface area contributed by atoms with E-state index in [-0.39, 0.29) is 34.5 Å². The smallest absolute Gasteiger partial charge is 0.264 e. The highest BCUT2D eigenvalue weighted by Crippen LogP contribution is 2.32. The highest BCUT2D eigenvalue weighted by molar-refractivity contribution is 7.92. The van der Waals surface area contributed by atoms with Crippen LogP contribution in [-0.2, 0) is 26.2 Å². The predicted molar refractivity (Wildman–Crippen MR) is 149 cm³/mol. The fraction of sp³-hybridized carbons (Fsp3) is 0.286. The quantitative estimate of drug-likeness (QED) is 0.340. The molecule has 1 N–H and O–H groups in total. The number of hydrogen-bond acceptors (Lipinski definition) is 5. The van der Waals surface area contributed by atoms with E-state index in [9.17, 15) is 22.4 Å². The lowest BCUT2D eigenvalue weighted by Crippen LogP contribution is -2.52. The van der Waals surface area contributed by atoms with Gasteiger partial charge in [-0.3, -0.25) is 13.9 Å². The Bertz CT molecular complexity index is 1390. The zero-order chi connectivity index (χ0) is 28.6. The van der Waals surface area contributed by atoms with Crippen LogP contribution in [0, 0.1) is 5.82 Å². The topological polar surface area (TPSA) is 96.0 Å². The number of rotatable bonds is 12. The lowest BCUT2D eigenvalue weighted by atomic mass is 10.1. The van der Waals surface area contributed by atoms with Crippen molar-refractivity contribution in [3.63, 3.8) is 0 Å². The number of nitrogens with one attached hydrogen (secondary N) is 1. The Hall–Kier alpha value is -3.63. The van der Waals surface area contributed by atoms with Crippen molar-refractivity contribution < 1.29 is 27.1 Å². The Kier molecular flexibility index (Phi) is 10.3. The average Bonchev–Trinajstić information content (AvgIpc) is 2.93. The molecule has 0 radical (unpaired) electrons. The number of sulfonamides is 1. The molecule has 0 aliphatic heterocycles. The summed E-state index contributed by atoms with van der Waals surface area (Å²) >= 11 is 6.31. The maximum Gasteiger partial charge on any atom is 0.264 e. The van der Waals surface area contributed by atoms with Crippen LogP contribution in [0.2, 0.25) is 5.02 Å². The molecule has 0 aromatic heterocycles. The molecule has 0 saturated carbocycles. The fourth-order valence-electron chi connectivity index (χ4n) is 4.06. The van der Waals surface area contributed by atoms with Crippen LogP contribution in [0.3, 0.4) is 0 Å². The summed E-state index contributed by atoms with van der Waals surface area (Å²) in [6, 6.07) is 16.8. The summed E-state index contributed by atoms with van der Waals surface area (Å²) < 4.78 is 47.3. The molecule has 0 unspecified atom stereocenters. The van der Waals surface area contributed by atoms with Gasteiger partial charge in [-0.15, -0.1) is 0 Å². The fourth-order valence-corrected chi connectivity index (χ4v) is 5.74. The van der Waals surface area contributed by atoms with Crippen molar-refractivity contribution in [1.29, 1.82) is 0 Å². The van der Waals surface area contributed by atoms with Crippen LogP contribution in [0.4, 0.5) is 10.1 Å². The molecular weight excluding hydrogens is 545 g/mol. The summed E-state index contributed by atoms with van der Waals surface area (Å²) in [5, 5.41) is 2.89. The standard InChI is InChI=1S/C28H31ClFN3O5S/c1-4-25(28(35)31-5-2)32(18-20-11-13-21(30)14-12-20)27(34)19-33(22-15-16-26(38-3)24(29)17-22)39(36,37)23-9-7-6-8-10-23/h6-17,25H,4-5,18-19H2,1-3H3,(H,31,35)/t25-/m1/s1. The molecular formula is C28H31ClFN3O5S. The second-order valence-corrected chi connectivity index (χ2v) is 10.9. The molecule has 8 nitrogen and oxygen atoms in total. The number of likely N-dealkylation sites (N-methyl/N-ethyl adjacent to an activating group) is 1. The van der Waals surface area contributed by atoms with Gasteiger partial charge in [-0.1, -0.05) is 48.9 Å². The Balaban J connectivity index is 2.07. The van der Waals surface area contributed by atoms with Crippen molar-refractivity contribution in [2.24, 2.45) is 0 Å². The molecule has 39 heavy (non-hydrogen) atoms. The van der Waals surface area contributed by atoms with E-state index in [0.29, 0.717) is 17.9 Å². The minimum absolute atomic E-state index is 0.0226. The molecule has 3 aromatic carbocycles. The van der Waals surface area contributed by atoms with Gasteiger partial charge in [0.2, 0.25) is 11.8 Å². The molecule has 0 bridgehead atoms. The van der Waals surface area contributed by atoms with E-state index in [2.05, 4.69) is 5.32 Å². The van der Waals surface area contributed by atoms with Crippen molar-refractivity contribution in [1.82, 2.24) is 10.2 Å². The number of methoxy groups -OCH3 is 1. The van der Waals surface area contributed by atoms with Crippen molar-refractivity contribution in [3.05, 3.63) is 89.2 Å². The Morgan fingerprint density at radius 2 is 1.69 bits per heavy atom. The van der Waals surface area contributed by atoms with E-state index < -0.39 is 34.3 Å². The van der Waals surface area contributed by atoms with E-state index in [4.69, 9.17) is 16.3 Å². The second-order valence-electron chi connectivity index (χ2n) is 8.61. The van der Waals surface area contributed by atoms with Gasteiger partial charge < -0.3 is 15.0 Å². The first-order chi connectivity index (χ1) is 18.6. The summed E-state index contributed by atoms with van der Waals surface area (Å²) in [4.78, 5) is 28.1. The summed E-state index contributed by atoms with van der Waals surface area (Å²) in [6.07, 6.45) is 0.276. The largest absolute Gasteiger partial charge is 0.495 e. The summed E-state index contributed by atoms with van der Waals surface area (Å²) in [5.74, 6) is -1.10. The summed E-state index contributed by atoms with van der Waals surface area (Å²) in [6.45, 7) is 3.23. The first-order valence-corrected chi connectivity index (χ1v) is 14.2. The Morgan fingerprint density at radius 1 is 1.03 bits per heavy atom. The molecule has 0 spiro atoms. The predicted octanol–water partition coefficient (Wildman–Crippen LogP) is 4.63. The lowest BCUT2D eigenvalue weighted by Gasteiger charge is -2.33. The molecule has 208 valence electrons.